The summed E-state index contributed by atoms with van der Waals surface area (Å²) in [4.78, 5) is 23.0. The highest BCUT2D eigenvalue weighted by Gasteiger charge is 2.44. The van der Waals surface area contributed by atoms with Crippen molar-refractivity contribution in [3.63, 3.8) is 0 Å². The van der Waals surface area contributed by atoms with Gasteiger partial charge in [-0.25, -0.2) is 4.79 Å². The average molecular weight is 541 g/mol. The third-order valence-electron chi connectivity index (χ3n) is 3.58. The van der Waals surface area contributed by atoms with Crippen LogP contribution >= 0.6 is 0 Å². The highest BCUT2D eigenvalue weighted by atomic mass is 19.4. The number of rotatable bonds is 9. The molecule has 1 heterocycles. The van der Waals surface area contributed by atoms with Crippen molar-refractivity contribution < 1.29 is 62.9 Å². The molecule has 0 atom stereocenters. The Kier molecular flexibility index (Phi) is 8.57. The second-order valence-corrected chi connectivity index (χ2v) is 6.48. The maximum Gasteiger partial charge on any atom is 0.461 e. The molecule has 0 saturated heterocycles. The van der Waals surface area contributed by atoms with Crippen molar-refractivity contribution in [3.05, 3.63) is 24.3 Å². The first kappa shape index (κ1) is 28.4. The van der Waals surface area contributed by atoms with E-state index in [0.717, 1.165) is 36.2 Å². The normalized spacial score (nSPS) is 12.3. The Balaban J connectivity index is 2.17. The zero-order valence-electron chi connectivity index (χ0n) is 17.5. The summed E-state index contributed by atoms with van der Waals surface area (Å²) in [5.41, 5.74) is -0.0450. The van der Waals surface area contributed by atoms with E-state index in [4.69, 9.17) is 0 Å². The van der Waals surface area contributed by atoms with Crippen molar-refractivity contribution >= 4 is 17.7 Å². The van der Waals surface area contributed by atoms with Crippen LogP contribution in [0, 0.1) is 0 Å². The Hall–Kier alpha value is -3.80. The molecule has 0 radical (unpaired) electrons. The Morgan fingerprint density at radius 2 is 1.36 bits per heavy atom. The van der Waals surface area contributed by atoms with Crippen LogP contribution in [0.5, 0.6) is 17.8 Å². The summed E-state index contributed by atoms with van der Waals surface area (Å²) in [6.07, 6.45) is -18.6. The van der Waals surface area contributed by atoms with Crippen LogP contribution < -0.4 is 24.4 Å². The maximum atomic E-state index is 13.0. The minimum absolute atomic E-state index is 0.0450. The highest BCUT2D eigenvalue weighted by molar-refractivity contribution is 6.00. The van der Waals surface area contributed by atoms with Crippen molar-refractivity contribution in [2.75, 3.05) is 30.5 Å². The van der Waals surface area contributed by atoms with Crippen molar-refractivity contribution in [3.8, 4) is 17.8 Å². The summed E-state index contributed by atoms with van der Waals surface area (Å²) in [6, 6.07) is 0.267. The second-order valence-electron chi connectivity index (χ2n) is 6.48. The van der Waals surface area contributed by atoms with Crippen molar-refractivity contribution in [2.24, 2.45) is 0 Å². The largest absolute Gasteiger partial charge is 0.461 e. The molecule has 0 aliphatic heterocycles. The van der Waals surface area contributed by atoms with E-state index in [2.05, 4.69) is 29.2 Å². The van der Waals surface area contributed by atoms with Crippen LogP contribution in [0.15, 0.2) is 24.3 Å². The number of hydrogen-bond acceptors (Lipinski definition) is 7. The van der Waals surface area contributed by atoms with E-state index in [-0.39, 0.29) is 5.69 Å². The van der Waals surface area contributed by atoms with Gasteiger partial charge in [-0.2, -0.15) is 53.9 Å². The molecule has 0 aliphatic rings. The van der Waals surface area contributed by atoms with E-state index in [9.17, 15) is 48.7 Å². The van der Waals surface area contributed by atoms with Crippen LogP contribution in [0.25, 0.3) is 0 Å². The molecule has 1 aromatic carbocycles. The number of ether oxygens (including phenoxy) is 3. The Morgan fingerprint density at radius 1 is 0.889 bits per heavy atom. The molecule has 0 bridgehead atoms. The fourth-order valence-corrected chi connectivity index (χ4v) is 2.05. The molecule has 0 aliphatic carbocycles. The number of carbonyl (C=O) groups is 1. The lowest BCUT2D eigenvalue weighted by molar-refractivity contribution is -0.253. The smallest absolute Gasteiger partial charge is 0.454 e. The number of urea groups is 1. The lowest BCUT2D eigenvalue weighted by atomic mass is 10.3. The van der Waals surface area contributed by atoms with E-state index in [1.54, 1.807) is 0 Å². The SMILES string of the molecule is CN(C(=O)Nc1nc(OCC(F)(F)F)nc(OCC(F)(F)F)n1)c1ccc(OC(F)(F)C(F)F)cc1. The number of benzene rings is 1. The number of aromatic nitrogens is 3. The average Bonchev–Trinajstić information content (AvgIpc) is 2.75. The topological polar surface area (TPSA) is 98.7 Å². The van der Waals surface area contributed by atoms with Gasteiger partial charge >= 0.3 is 42.9 Å². The molecule has 0 saturated carbocycles. The number of nitrogens with one attached hydrogen (secondary N) is 1. The van der Waals surface area contributed by atoms with Gasteiger partial charge in [0.15, 0.2) is 13.2 Å². The van der Waals surface area contributed by atoms with Gasteiger partial charge in [-0.15, -0.1) is 4.98 Å². The van der Waals surface area contributed by atoms with Crippen LogP contribution in [0.1, 0.15) is 0 Å². The summed E-state index contributed by atoms with van der Waals surface area (Å²) < 4.78 is 137. The van der Waals surface area contributed by atoms with Gasteiger partial charge < -0.3 is 14.2 Å². The lowest BCUT2D eigenvalue weighted by Gasteiger charge is -2.20. The molecule has 0 fully saturated rings. The van der Waals surface area contributed by atoms with E-state index in [1.165, 1.54) is 0 Å². The summed E-state index contributed by atoms with van der Waals surface area (Å²) in [6.45, 7) is -3.86. The quantitative estimate of drug-likeness (QED) is 0.462. The molecule has 200 valence electrons. The number of nitrogens with zero attached hydrogens (tertiary/aromatic N) is 4. The molecular weight excluding hydrogens is 528 g/mol. The lowest BCUT2D eigenvalue weighted by Crippen LogP contribution is -2.33. The van der Waals surface area contributed by atoms with Crippen molar-refractivity contribution in [1.82, 2.24) is 15.0 Å². The Bertz CT molecular complexity index is 998. The number of amides is 2. The minimum atomic E-state index is -4.86. The van der Waals surface area contributed by atoms with E-state index >= 15 is 0 Å². The summed E-state index contributed by atoms with van der Waals surface area (Å²) in [5.74, 6) is -1.54. The molecule has 19 heteroatoms. The molecular formula is C17H13F10N5O4. The first-order valence-corrected chi connectivity index (χ1v) is 9.10. The molecule has 2 amide bonds. The van der Waals surface area contributed by atoms with Gasteiger partial charge in [0, 0.05) is 12.7 Å². The van der Waals surface area contributed by atoms with E-state index in [0.29, 0.717) is 0 Å². The third-order valence-corrected chi connectivity index (χ3v) is 3.58. The van der Waals surface area contributed by atoms with Gasteiger partial charge in [-0.3, -0.25) is 10.2 Å². The molecule has 0 unspecified atom stereocenters. The number of carbonyl (C=O) groups excluding carboxylic acids is 1. The van der Waals surface area contributed by atoms with Gasteiger partial charge in [0.05, 0.1) is 0 Å². The molecule has 1 aromatic heterocycles. The summed E-state index contributed by atoms with van der Waals surface area (Å²) >= 11 is 0. The summed E-state index contributed by atoms with van der Waals surface area (Å²) in [5, 5.41) is 1.93. The van der Waals surface area contributed by atoms with Gasteiger partial charge in [0.25, 0.3) is 0 Å². The van der Waals surface area contributed by atoms with E-state index in [1.807, 2.05) is 5.32 Å². The predicted octanol–water partition coefficient (Wildman–Crippen LogP) is 4.66. The van der Waals surface area contributed by atoms with E-state index < -0.39 is 67.9 Å². The number of anilines is 2. The number of hydrogen-bond donors (Lipinski definition) is 1. The van der Waals surface area contributed by atoms with Gasteiger partial charge in [0.1, 0.15) is 5.75 Å². The second kappa shape index (κ2) is 10.9. The standard InChI is InChI=1S/C17H13F10N5O4/c1-32(8-2-4-9(5-3-8)36-17(26,27)10(18)19)14(33)30-11-28-12(34-6-15(20,21)22)31-13(29-11)35-7-16(23,24)25/h2-5,10H,6-7H2,1H3,(H,28,29,30,31,33). The Morgan fingerprint density at radius 3 is 1.78 bits per heavy atom. The fraction of sp³-hybridized carbons (Fsp3) is 0.412. The zero-order valence-corrected chi connectivity index (χ0v) is 17.5. The Labute approximate surface area is 194 Å². The molecule has 0 spiro atoms. The molecule has 1 N–H and O–H groups in total. The third kappa shape index (κ3) is 9.10. The van der Waals surface area contributed by atoms with Crippen LogP contribution in [-0.4, -0.2) is 66.1 Å². The molecule has 2 rings (SSSR count). The summed E-state index contributed by atoms with van der Waals surface area (Å²) in [7, 11) is 1.10. The molecule has 36 heavy (non-hydrogen) atoms. The van der Waals surface area contributed by atoms with Crippen LogP contribution in [0.4, 0.5) is 60.3 Å². The van der Waals surface area contributed by atoms with Crippen LogP contribution in [0.3, 0.4) is 0 Å². The van der Waals surface area contributed by atoms with Gasteiger partial charge in [-0.05, 0) is 24.3 Å². The zero-order chi connectivity index (χ0) is 27.3. The monoisotopic (exact) mass is 541 g/mol. The first-order valence-electron chi connectivity index (χ1n) is 9.10. The van der Waals surface area contributed by atoms with Gasteiger partial charge in [0.2, 0.25) is 5.95 Å². The van der Waals surface area contributed by atoms with Crippen molar-refractivity contribution in [2.45, 2.75) is 24.9 Å². The fourth-order valence-electron chi connectivity index (χ4n) is 2.05. The number of alkyl halides is 10. The molecule has 2 aromatic rings. The van der Waals surface area contributed by atoms with Crippen LogP contribution in [-0.2, 0) is 0 Å². The first-order chi connectivity index (χ1) is 16.4. The highest BCUT2D eigenvalue weighted by Crippen LogP contribution is 2.29. The van der Waals surface area contributed by atoms with Gasteiger partial charge in [-0.1, -0.05) is 0 Å². The van der Waals surface area contributed by atoms with Crippen molar-refractivity contribution in [1.29, 1.82) is 0 Å². The minimum Gasteiger partial charge on any atom is -0.454 e. The predicted molar refractivity (Wildman–Crippen MR) is 98.4 cm³/mol. The molecule has 9 nitrogen and oxygen atoms in total. The van der Waals surface area contributed by atoms with Crippen LogP contribution in [0.2, 0.25) is 0 Å². The number of halogens is 10. The maximum absolute atomic E-state index is 13.0.